The van der Waals surface area contributed by atoms with E-state index in [2.05, 4.69) is 0 Å². The van der Waals surface area contributed by atoms with Crippen LogP contribution in [0.15, 0.2) is 0 Å². The van der Waals surface area contributed by atoms with Gasteiger partial charge in [0.15, 0.2) is 0 Å². The Morgan fingerprint density at radius 1 is 1.19 bits per heavy atom. The Kier molecular flexibility index (Phi) is 4.87. The molecule has 0 unspecified atom stereocenters. The molecule has 2 bridgehead atoms. The maximum atomic E-state index is 11.6. The first kappa shape index (κ1) is 15.3. The average molecular weight is 295 g/mol. The van der Waals surface area contributed by atoms with Crippen LogP contribution in [0, 0.1) is 5.92 Å². The van der Waals surface area contributed by atoms with E-state index in [9.17, 15) is 14.8 Å². The number of carbonyl (C=O) groups excluding carboxylic acids is 1. The summed E-state index contributed by atoms with van der Waals surface area (Å²) in [7, 11) is -1.46. The molecule has 3 aliphatic rings. The van der Waals surface area contributed by atoms with Crippen LogP contribution in [0.3, 0.4) is 0 Å². The molecule has 5 nitrogen and oxygen atoms in total. The van der Waals surface area contributed by atoms with Gasteiger partial charge < -0.3 is 19.7 Å². The first-order chi connectivity index (χ1) is 10.2. The van der Waals surface area contributed by atoms with Crippen LogP contribution >= 0.6 is 0 Å². The van der Waals surface area contributed by atoms with Gasteiger partial charge in [0.25, 0.3) is 0 Å². The first-order valence-electron chi connectivity index (χ1n) is 8.43. The average Bonchev–Trinajstić information content (AvgIpc) is 3.11. The third-order valence-corrected chi connectivity index (χ3v) is 5.61. The summed E-state index contributed by atoms with van der Waals surface area (Å²) < 4.78 is 5.82. The fourth-order valence-corrected chi connectivity index (χ4v) is 4.49. The molecule has 2 saturated heterocycles. The number of hydrogen-bond acceptors (Lipinski definition) is 4. The van der Waals surface area contributed by atoms with E-state index in [-0.39, 0.29) is 18.2 Å². The minimum absolute atomic E-state index is 0.0247. The van der Waals surface area contributed by atoms with Gasteiger partial charge in [0.1, 0.15) is 0 Å². The van der Waals surface area contributed by atoms with E-state index in [1.807, 2.05) is 0 Å². The zero-order chi connectivity index (χ0) is 14.8. The molecule has 4 atom stereocenters. The fraction of sp³-hybridized carbons (Fsp3) is 0.933. The van der Waals surface area contributed by atoms with Crippen molar-refractivity contribution in [1.29, 1.82) is 0 Å². The van der Waals surface area contributed by atoms with Crippen LogP contribution in [0.1, 0.15) is 57.8 Å². The van der Waals surface area contributed by atoms with Crippen LogP contribution in [0.5, 0.6) is 0 Å². The molecule has 118 valence electrons. The van der Waals surface area contributed by atoms with Crippen LogP contribution in [-0.4, -0.2) is 52.7 Å². The number of ether oxygens (including phenoxy) is 1. The molecule has 1 saturated carbocycles. The minimum Gasteiger partial charge on any atom is -0.426 e. The maximum Gasteiger partial charge on any atom is 0.475 e. The largest absolute Gasteiger partial charge is 0.475 e. The summed E-state index contributed by atoms with van der Waals surface area (Å²) >= 11 is 0. The second-order valence-corrected chi connectivity index (χ2v) is 6.95. The molecular formula is C15H26BNO4. The van der Waals surface area contributed by atoms with Crippen LogP contribution < -0.4 is 0 Å². The van der Waals surface area contributed by atoms with Gasteiger partial charge in [-0.2, -0.15) is 0 Å². The molecule has 0 aromatic carbocycles. The summed E-state index contributed by atoms with van der Waals surface area (Å²) in [5.74, 6) is 0.0195. The first-order valence-corrected chi connectivity index (χ1v) is 8.43. The SMILES string of the molecule is O=CN([C@@H]1C[C@H]2CC[C@@H]1O2)[C@@H](CC1CCCCC1)B(O)O. The van der Waals surface area contributed by atoms with E-state index < -0.39 is 13.1 Å². The van der Waals surface area contributed by atoms with E-state index in [1.54, 1.807) is 4.90 Å². The molecule has 6 heteroatoms. The topological polar surface area (TPSA) is 70.0 Å². The number of amides is 1. The van der Waals surface area contributed by atoms with E-state index in [4.69, 9.17) is 4.74 Å². The molecule has 3 fully saturated rings. The van der Waals surface area contributed by atoms with Gasteiger partial charge in [-0.1, -0.05) is 32.1 Å². The van der Waals surface area contributed by atoms with Crippen molar-refractivity contribution in [3.63, 3.8) is 0 Å². The van der Waals surface area contributed by atoms with Crippen molar-refractivity contribution in [2.24, 2.45) is 5.92 Å². The van der Waals surface area contributed by atoms with Crippen LogP contribution in [-0.2, 0) is 9.53 Å². The highest BCUT2D eigenvalue weighted by molar-refractivity contribution is 6.43. The lowest BCUT2D eigenvalue weighted by Crippen LogP contribution is -2.54. The van der Waals surface area contributed by atoms with Crippen LogP contribution in [0.2, 0.25) is 0 Å². The van der Waals surface area contributed by atoms with Crippen molar-refractivity contribution in [3.05, 3.63) is 0 Å². The number of carbonyl (C=O) groups is 1. The quantitative estimate of drug-likeness (QED) is 0.569. The van der Waals surface area contributed by atoms with Gasteiger partial charge >= 0.3 is 7.12 Å². The summed E-state index contributed by atoms with van der Waals surface area (Å²) in [5, 5.41) is 19.6. The lowest BCUT2D eigenvalue weighted by molar-refractivity contribution is -0.123. The molecule has 3 rings (SSSR count). The van der Waals surface area contributed by atoms with Crippen LogP contribution in [0.25, 0.3) is 0 Å². The van der Waals surface area contributed by atoms with Gasteiger partial charge in [-0.25, -0.2) is 0 Å². The molecule has 0 radical (unpaired) electrons. The molecule has 2 heterocycles. The van der Waals surface area contributed by atoms with Gasteiger partial charge in [0.05, 0.1) is 24.2 Å². The van der Waals surface area contributed by atoms with Crippen molar-refractivity contribution >= 4 is 13.5 Å². The molecule has 0 spiro atoms. The van der Waals surface area contributed by atoms with E-state index >= 15 is 0 Å². The van der Waals surface area contributed by atoms with Crippen molar-refractivity contribution < 1.29 is 19.6 Å². The number of hydrogen-bond donors (Lipinski definition) is 2. The monoisotopic (exact) mass is 295 g/mol. The smallest absolute Gasteiger partial charge is 0.426 e. The Bertz CT molecular complexity index is 362. The lowest BCUT2D eigenvalue weighted by Gasteiger charge is -2.38. The highest BCUT2D eigenvalue weighted by Crippen LogP contribution is 2.38. The lowest BCUT2D eigenvalue weighted by atomic mass is 9.70. The molecule has 21 heavy (non-hydrogen) atoms. The molecule has 1 aliphatic carbocycles. The highest BCUT2D eigenvalue weighted by atomic mass is 16.5. The Hall–Kier alpha value is -0.585. The zero-order valence-corrected chi connectivity index (χ0v) is 12.6. The van der Waals surface area contributed by atoms with E-state index in [0.29, 0.717) is 12.3 Å². The van der Waals surface area contributed by atoms with E-state index in [0.717, 1.165) is 38.5 Å². The summed E-state index contributed by atoms with van der Waals surface area (Å²) in [6.07, 6.45) is 10.8. The Labute approximate surface area is 126 Å². The summed E-state index contributed by atoms with van der Waals surface area (Å²) in [6.45, 7) is 0. The third-order valence-electron chi connectivity index (χ3n) is 5.61. The normalized spacial score (nSPS) is 33.9. The second kappa shape index (κ2) is 6.67. The molecular weight excluding hydrogens is 269 g/mol. The second-order valence-electron chi connectivity index (χ2n) is 6.95. The predicted molar refractivity (Wildman–Crippen MR) is 79.4 cm³/mol. The molecule has 2 N–H and O–H groups in total. The predicted octanol–water partition coefficient (Wildman–Crippen LogP) is 1.12. The fourth-order valence-electron chi connectivity index (χ4n) is 4.49. The van der Waals surface area contributed by atoms with Gasteiger partial charge in [-0.3, -0.25) is 4.79 Å². The van der Waals surface area contributed by atoms with E-state index in [1.165, 1.54) is 19.3 Å². The van der Waals surface area contributed by atoms with Gasteiger partial charge in [0.2, 0.25) is 6.41 Å². The molecule has 0 aromatic rings. The van der Waals surface area contributed by atoms with Crippen molar-refractivity contribution in [2.75, 3.05) is 0 Å². The maximum absolute atomic E-state index is 11.6. The summed E-state index contributed by atoms with van der Waals surface area (Å²) in [5.41, 5.74) is 0. The van der Waals surface area contributed by atoms with Crippen molar-refractivity contribution in [2.45, 2.75) is 82.0 Å². The van der Waals surface area contributed by atoms with Gasteiger partial charge in [-0.05, 0) is 31.6 Å². The Morgan fingerprint density at radius 3 is 2.48 bits per heavy atom. The number of fused-ring (bicyclic) bond motifs is 2. The summed E-state index contributed by atoms with van der Waals surface area (Å²) in [4.78, 5) is 13.3. The van der Waals surface area contributed by atoms with Crippen molar-refractivity contribution in [1.82, 2.24) is 4.90 Å². The standard InChI is InChI=1S/C15H26BNO4/c18-10-17(13-9-12-6-7-14(13)21-12)15(16(19)20)8-11-4-2-1-3-5-11/h10-15,19-20H,1-9H2/t12-,13-,14+,15+/m1/s1. The van der Waals surface area contributed by atoms with Crippen molar-refractivity contribution in [3.8, 4) is 0 Å². The number of nitrogens with zero attached hydrogens (tertiary/aromatic N) is 1. The minimum atomic E-state index is -1.46. The molecule has 0 aromatic heterocycles. The number of rotatable bonds is 6. The zero-order valence-electron chi connectivity index (χ0n) is 12.6. The van der Waals surface area contributed by atoms with Gasteiger partial charge in [0, 0.05) is 0 Å². The van der Waals surface area contributed by atoms with Crippen LogP contribution in [0.4, 0.5) is 0 Å². The van der Waals surface area contributed by atoms with Gasteiger partial charge in [-0.15, -0.1) is 0 Å². The summed E-state index contributed by atoms with van der Waals surface area (Å²) in [6, 6.07) is 0.0247. The molecule has 2 aliphatic heterocycles. The third kappa shape index (κ3) is 3.27. The molecule has 1 amide bonds. The Balaban J connectivity index is 1.67. The highest BCUT2D eigenvalue weighted by Gasteiger charge is 2.47. The Morgan fingerprint density at radius 2 is 1.95 bits per heavy atom.